The minimum atomic E-state index is -0.538. The number of rotatable bonds is 3. The molecule has 1 aliphatic carbocycles. The fraction of sp³-hybridized carbons (Fsp3) is 0.280. The molecule has 1 atom stereocenters. The van der Waals surface area contributed by atoms with Gasteiger partial charge >= 0.3 is 6.09 Å². The zero-order valence-electron chi connectivity index (χ0n) is 19.2. The van der Waals surface area contributed by atoms with Crippen molar-refractivity contribution in [1.82, 2.24) is 24.8 Å². The van der Waals surface area contributed by atoms with Crippen LogP contribution in [0.25, 0.3) is 28.2 Å². The van der Waals surface area contributed by atoms with Gasteiger partial charge in [-0.2, -0.15) is 0 Å². The monoisotopic (exact) mass is 520 g/mol. The maximum Gasteiger partial charge on any atom is 0.408 e. The number of fused-ring (bicyclic) bond motifs is 2. The quantitative estimate of drug-likeness (QED) is 0.353. The van der Waals surface area contributed by atoms with Crippen molar-refractivity contribution in [2.45, 2.75) is 45.3 Å². The molecule has 8 nitrogen and oxygen atoms in total. The fourth-order valence-electron chi connectivity index (χ4n) is 4.31. The Morgan fingerprint density at radius 3 is 2.79 bits per heavy atom. The molecule has 5 rings (SSSR count). The van der Waals surface area contributed by atoms with Crippen molar-refractivity contribution in [3.05, 3.63) is 64.4 Å². The van der Waals surface area contributed by atoms with Crippen LogP contribution in [-0.2, 0) is 11.2 Å². The van der Waals surface area contributed by atoms with E-state index in [1.165, 1.54) is 5.56 Å². The van der Waals surface area contributed by atoms with E-state index in [1.54, 1.807) is 6.20 Å². The van der Waals surface area contributed by atoms with Gasteiger partial charge in [0.05, 0.1) is 11.6 Å². The van der Waals surface area contributed by atoms with Gasteiger partial charge in [0.1, 0.15) is 21.5 Å². The van der Waals surface area contributed by atoms with Gasteiger partial charge in [0.15, 0.2) is 11.5 Å². The van der Waals surface area contributed by atoms with Gasteiger partial charge < -0.3 is 15.8 Å². The molecule has 0 bridgehead atoms. The maximum absolute atomic E-state index is 12.3. The SMILES string of the molecule is CC(C)(C)OC(=O)N[C@H]1CCc2cc(-n3c(-c4cccnc4N)nc4ccc(Br)nc43)ccc21. The Morgan fingerprint density at radius 2 is 2.03 bits per heavy atom. The highest BCUT2D eigenvalue weighted by Crippen LogP contribution is 2.36. The molecular weight excluding hydrogens is 496 g/mol. The Kier molecular flexibility index (Phi) is 5.51. The van der Waals surface area contributed by atoms with Crippen LogP contribution in [0.2, 0.25) is 0 Å². The number of nitrogen functional groups attached to an aromatic ring is 1. The van der Waals surface area contributed by atoms with Crippen LogP contribution in [0.3, 0.4) is 0 Å². The minimum Gasteiger partial charge on any atom is -0.444 e. The molecule has 174 valence electrons. The van der Waals surface area contributed by atoms with Gasteiger partial charge in [-0.25, -0.2) is 19.7 Å². The molecule has 3 aromatic heterocycles. The normalized spacial score (nSPS) is 15.4. The standard InChI is InChI=1S/C25H25BrN6O2/c1-25(2,3)34-24(33)30-18-9-6-14-13-15(7-8-16(14)18)32-22(17-5-4-12-28-21(17)27)29-19-10-11-20(26)31-23(19)32/h4-5,7-8,10-13,18H,6,9H2,1-3H3,(H2,27,28)(H,30,33)/t18-/m0/s1. The first-order valence-corrected chi connectivity index (χ1v) is 11.9. The van der Waals surface area contributed by atoms with Crippen LogP contribution < -0.4 is 11.1 Å². The number of hydrogen-bond acceptors (Lipinski definition) is 6. The highest BCUT2D eigenvalue weighted by atomic mass is 79.9. The largest absolute Gasteiger partial charge is 0.444 e. The molecule has 1 amide bonds. The number of amides is 1. The summed E-state index contributed by atoms with van der Waals surface area (Å²) in [6, 6.07) is 13.7. The molecule has 0 radical (unpaired) electrons. The van der Waals surface area contributed by atoms with E-state index in [9.17, 15) is 4.79 Å². The second-order valence-electron chi connectivity index (χ2n) is 9.30. The molecule has 1 aromatic carbocycles. The van der Waals surface area contributed by atoms with Crippen LogP contribution in [0.5, 0.6) is 0 Å². The summed E-state index contributed by atoms with van der Waals surface area (Å²) in [6.45, 7) is 5.57. The van der Waals surface area contributed by atoms with Gasteiger partial charge in [-0.1, -0.05) is 6.07 Å². The molecule has 0 saturated carbocycles. The van der Waals surface area contributed by atoms with E-state index in [4.69, 9.17) is 20.4 Å². The van der Waals surface area contributed by atoms with Crippen molar-refractivity contribution in [3.8, 4) is 17.1 Å². The molecular formula is C25H25BrN6O2. The predicted octanol–water partition coefficient (Wildman–Crippen LogP) is 5.34. The summed E-state index contributed by atoms with van der Waals surface area (Å²) < 4.78 is 8.16. The number of aromatic nitrogens is 4. The number of aryl methyl sites for hydroxylation is 1. The van der Waals surface area contributed by atoms with Gasteiger partial charge in [0, 0.05) is 11.9 Å². The van der Waals surface area contributed by atoms with Gasteiger partial charge in [-0.05, 0) is 97.1 Å². The Bertz CT molecular complexity index is 1410. The van der Waals surface area contributed by atoms with Gasteiger partial charge in [0.2, 0.25) is 0 Å². The first-order chi connectivity index (χ1) is 16.2. The third kappa shape index (κ3) is 4.23. The highest BCUT2D eigenvalue weighted by Gasteiger charge is 2.27. The summed E-state index contributed by atoms with van der Waals surface area (Å²) in [6.07, 6.45) is 2.92. The summed E-state index contributed by atoms with van der Waals surface area (Å²) in [7, 11) is 0. The van der Waals surface area contributed by atoms with E-state index in [-0.39, 0.29) is 6.04 Å². The molecule has 3 heterocycles. The van der Waals surface area contributed by atoms with Gasteiger partial charge in [0.25, 0.3) is 0 Å². The Balaban J connectivity index is 1.57. The number of carbonyl (C=O) groups is 1. The van der Waals surface area contributed by atoms with E-state index < -0.39 is 11.7 Å². The first-order valence-electron chi connectivity index (χ1n) is 11.1. The molecule has 34 heavy (non-hydrogen) atoms. The lowest BCUT2D eigenvalue weighted by Gasteiger charge is -2.22. The van der Waals surface area contributed by atoms with Gasteiger partial charge in [-0.3, -0.25) is 4.57 Å². The second kappa shape index (κ2) is 8.39. The minimum absolute atomic E-state index is 0.0841. The molecule has 0 fully saturated rings. The maximum atomic E-state index is 12.3. The van der Waals surface area contributed by atoms with Crippen LogP contribution in [0, 0.1) is 0 Å². The lowest BCUT2D eigenvalue weighted by atomic mass is 10.1. The first kappa shape index (κ1) is 22.3. The summed E-state index contributed by atoms with van der Waals surface area (Å²) >= 11 is 3.48. The number of ether oxygens (including phenoxy) is 1. The third-order valence-corrected chi connectivity index (χ3v) is 6.15. The van der Waals surface area contributed by atoms with Crippen molar-refractivity contribution < 1.29 is 9.53 Å². The summed E-state index contributed by atoms with van der Waals surface area (Å²) in [5, 5.41) is 3.00. The van der Waals surface area contributed by atoms with Crippen LogP contribution in [0.15, 0.2) is 53.3 Å². The third-order valence-electron chi connectivity index (χ3n) is 5.70. The average Bonchev–Trinajstić information content (AvgIpc) is 3.33. The zero-order valence-corrected chi connectivity index (χ0v) is 20.8. The average molecular weight is 521 g/mol. The van der Waals surface area contributed by atoms with Crippen molar-refractivity contribution in [2.24, 2.45) is 0 Å². The predicted molar refractivity (Wildman–Crippen MR) is 135 cm³/mol. The topological polar surface area (TPSA) is 108 Å². The van der Waals surface area contributed by atoms with Crippen molar-refractivity contribution >= 4 is 39.0 Å². The number of benzene rings is 1. The van der Waals surface area contributed by atoms with Gasteiger partial charge in [-0.15, -0.1) is 0 Å². The number of hydrogen-bond donors (Lipinski definition) is 2. The Labute approximate surface area is 205 Å². The summed E-state index contributed by atoms with van der Waals surface area (Å²) in [5.74, 6) is 1.08. The van der Waals surface area contributed by atoms with E-state index in [1.807, 2.05) is 55.7 Å². The zero-order chi connectivity index (χ0) is 24.0. The number of nitrogens with two attached hydrogens (primary N) is 1. The molecule has 3 N–H and O–H groups in total. The van der Waals surface area contributed by atoms with E-state index >= 15 is 0 Å². The van der Waals surface area contributed by atoms with Crippen molar-refractivity contribution in [3.63, 3.8) is 0 Å². The van der Waals surface area contributed by atoms with E-state index in [2.05, 4.69) is 38.4 Å². The fourth-order valence-corrected chi connectivity index (χ4v) is 4.61. The van der Waals surface area contributed by atoms with E-state index in [0.717, 1.165) is 39.8 Å². The second-order valence-corrected chi connectivity index (χ2v) is 10.1. The number of imidazole rings is 1. The molecule has 9 heteroatoms. The number of nitrogens with zero attached hydrogens (tertiary/aromatic N) is 4. The number of halogens is 1. The van der Waals surface area contributed by atoms with Crippen LogP contribution >= 0.6 is 15.9 Å². The molecule has 1 aliphatic rings. The molecule has 0 aliphatic heterocycles. The lowest BCUT2D eigenvalue weighted by Crippen LogP contribution is -2.34. The number of alkyl carbamates (subject to hydrolysis) is 1. The number of carbonyl (C=O) groups excluding carboxylic acids is 1. The Morgan fingerprint density at radius 1 is 1.21 bits per heavy atom. The highest BCUT2D eigenvalue weighted by molar-refractivity contribution is 9.10. The van der Waals surface area contributed by atoms with Crippen LogP contribution in [0.4, 0.5) is 10.6 Å². The molecule has 4 aromatic rings. The van der Waals surface area contributed by atoms with Crippen molar-refractivity contribution in [1.29, 1.82) is 0 Å². The molecule has 0 unspecified atom stereocenters. The smallest absolute Gasteiger partial charge is 0.408 e. The van der Waals surface area contributed by atoms with Crippen LogP contribution in [-0.4, -0.2) is 31.2 Å². The molecule has 0 saturated heterocycles. The van der Waals surface area contributed by atoms with Crippen LogP contribution in [0.1, 0.15) is 44.4 Å². The molecule has 0 spiro atoms. The van der Waals surface area contributed by atoms with Crippen molar-refractivity contribution in [2.75, 3.05) is 5.73 Å². The summed E-state index contributed by atoms with van der Waals surface area (Å²) in [5.41, 5.74) is 11.1. The number of nitrogens with one attached hydrogen (secondary N) is 1. The Hall–Kier alpha value is -3.46. The number of pyridine rings is 2. The lowest BCUT2D eigenvalue weighted by molar-refractivity contribution is 0.0503. The van der Waals surface area contributed by atoms with E-state index in [0.29, 0.717) is 17.3 Å². The summed E-state index contributed by atoms with van der Waals surface area (Å²) in [4.78, 5) is 26.1. The number of anilines is 1.